The van der Waals surface area contributed by atoms with Gasteiger partial charge >= 0.3 is 0 Å². The van der Waals surface area contributed by atoms with E-state index in [9.17, 15) is 19.5 Å². The normalized spacial score (nSPS) is 30.6. The van der Waals surface area contributed by atoms with Crippen LogP contribution in [0.1, 0.15) is 40.5 Å². The van der Waals surface area contributed by atoms with Crippen molar-refractivity contribution >= 4 is 34.4 Å². The number of hydrogen-bond donors (Lipinski definition) is 3. The number of amides is 3. The summed E-state index contributed by atoms with van der Waals surface area (Å²) in [6.07, 6.45) is 0.936. The van der Waals surface area contributed by atoms with Crippen LogP contribution in [0.4, 0.5) is 5.69 Å². The van der Waals surface area contributed by atoms with Crippen molar-refractivity contribution in [3.8, 4) is 0 Å². The van der Waals surface area contributed by atoms with Crippen LogP contribution in [0.2, 0.25) is 0 Å². The first-order valence-electron chi connectivity index (χ1n) is 14.7. The Morgan fingerprint density at radius 2 is 1.83 bits per heavy atom. The summed E-state index contributed by atoms with van der Waals surface area (Å²) in [5, 5.41) is 24.8. The van der Waals surface area contributed by atoms with Gasteiger partial charge in [0.25, 0.3) is 0 Å². The minimum atomic E-state index is -1.22. The summed E-state index contributed by atoms with van der Waals surface area (Å²) in [5.41, 5.74) is -0.0767. The molecule has 2 aromatic carbocycles. The zero-order chi connectivity index (χ0) is 29.8. The fraction of sp³-hybridized carbons (Fsp3) is 0.516. The van der Waals surface area contributed by atoms with Crippen LogP contribution in [0.3, 0.4) is 0 Å². The van der Waals surface area contributed by atoms with Crippen LogP contribution in [0.5, 0.6) is 0 Å². The highest BCUT2D eigenvalue weighted by atomic mass is 16.5. The molecule has 11 heteroatoms. The second kappa shape index (κ2) is 10.5. The summed E-state index contributed by atoms with van der Waals surface area (Å²) in [4.78, 5) is 44.1. The maximum atomic E-state index is 14.4. The van der Waals surface area contributed by atoms with E-state index in [-0.39, 0.29) is 36.9 Å². The number of nitrogens with one attached hydrogen (secondary N) is 2. The monoisotopic (exact) mass is 574 g/mol. The van der Waals surface area contributed by atoms with Crippen molar-refractivity contribution < 1.29 is 24.2 Å². The fourth-order valence-electron chi connectivity index (χ4n) is 7.61. The highest BCUT2D eigenvalue weighted by molar-refractivity contribution is 6.02. The molecular weight excluding hydrogens is 536 g/mol. The van der Waals surface area contributed by atoms with Crippen molar-refractivity contribution in [3.05, 3.63) is 54.6 Å². The molecule has 0 saturated carbocycles. The Balaban J connectivity index is 1.37. The van der Waals surface area contributed by atoms with Gasteiger partial charge in [-0.15, -0.1) is 5.10 Å². The lowest BCUT2D eigenvalue weighted by molar-refractivity contribution is -0.150. The van der Waals surface area contributed by atoms with Crippen LogP contribution in [0.25, 0.3) is 11.0 Å². The molecule has 222 valence electrons. The first-order chi connectivity index (χ1) is 20.1. The number of benzene rings is 2. The van der Waals surface area contributed by atoms with Gasteiger partial charge in [0.05, 0.1) is 35.6 Å². The number of para-hydroxylation sites is 2. The van der Waals surface area contributed by atoms with Gasteiger partial charge in [-0.3, -0.25) is 14.4 Å². The third kappa shape index (κ3) is 4.29. The van der Waals surface area contributed by atoms with Crippen molar-refractivity contribution in [2.24, 2.45) is 23.7 Å². The zero-order valence-corrected chi connectivity index (χ0v) is 24.4. The number of carbonyl (C=O) groups excluding carboxylic acids is 3. The Morgan fingerprint density at radius 3 is 2.55 bits per heavy atom. The molecule has 3 aromatic rings. The second-order valence-electron chi connectivity index (χ2n) is 12.5. The van der Waals surface area contributed by atoms with Gasteiger partial charge in [-0.05, 0) is 55.9 Å². The summed E-state index contributed by atoms with van der Waals surface area (Å²) in [6.45, 7) is 7.64. The number of fused-ring (bicyclic) bond motifs is 2. The van der Waals surface area contributed by atoms with E-state index in [1.165, 1.54) is 4.90 Å². The summed E-state index contributed by atoms with van der Waals surface area (Å²) in [6, 6.07) is 14.9. The number of rotatable bonds is 9. The predicted molar refractivity (Wildman–Crippen MR) is 155 cm³/mol. The number of hydrogen-bond acceptors (Lipinski definition) is 7. The van der Waals surface area contributed by atoms with Gasteiger partial charge in [-0.1, -0.05) is 56.3 Å². The van der Waals surface area contributed by atoms with E-state index in [0.717, 1.165) is 5.52 Å². The molecule has 3 saturated heterocycles. The van der Waals surface area contributed by atoms with E-state index < -0.39 is 41.0 Å². The first-order valence-corrected chi connectivity index (χ1v) is 14.7. The molecule has 6 rings (SSSR count). The van der Waals surface area contributed by atoms with Crippen LogP contribution >= 0.6 is 0 Å². The van der Waals surface area contributed by atoms with Gasteiger partial charge in [0, 0.05) is 5.69 Å². The number of aliphatic hydroxyl groups is 1. The molecule has 11 nitrogen and oxygen atoms in total. The largest absolute Gasteiger partial charge is 0.394 e. The Hall–Kier alpha value is -3.83. The Kier molecular flexibility index (Phi) is 7.05. The SMILES string of the molecule is CC(C)C[C@H](CO)N1C(=O)[C@@H]2[C@H](C(=O)Nc3ccccc3)[C@@]3(C)OC2(CC3C)C1C(=O)NCn1nnc2ccccc21. The molecule has 1 spiro atoms. The van der Waals surface area contributed by atoms with Gasteiger partial charge in [-0.2, -0.15) is 0 Å². The third-order valence-corrected chi connectivity index (χ3v) is 9.50. The summed E-state index contributed by atoms with van der Waals surface area (Å²) < 4.78 is 8.39. The number of anilines is 1. The van der Waals surface area contributed by atoms with Gasteiger partial charge in [-0.25, -0.2) is 4.68 Å². The van der Waals surface area contributed by atoms with Crippen LogP contribution in [-0.4, -0.2) is 72.6 Å². The molecule has 3 unspecified atom stereocenters. The lowest BCUT2D eigenvalue weighted by atomic mass is 9.62. The molecule has 3 amide bonds. The van der Waals surface area contributed by atoms with E-state index in [4.69, 9.17) is 4.74 Å². The van der Waals surface area contributed by atoms with Gasteiger partial charge in [0.2, 0.25) is 17.7 Å². The van der Waals surface area contributed by atoms with E-state index in [1.54, 1.807) is 16.8 Å². The molecule has 4 heterocycles. The molecule has 1 aromatic heterocycles. The average molecular weight is 575 g/mol. The van der Waals surface area contributed by atoms with E-state index in [1.807, 2.05) is 70.2 Å². The standard InChI is InChI=1S/C31H38N6O5/c1-18(2)14-21(16-38)37-26(28(40)32-17-36-23-13-9-8-12-22(23)34-35-36)31-15-19(3)30(4,42-31)24(25(31)29(37)41)27(39)33-20-10-6-5-7-11-20/h5-13,18-19,21,24-26,38H,14-17H2,1-4H3,(H,32,40)(H,33,39)/t19?,21-,24-,25+,26?,30+,31?/m1/s1. The molecule has 0 radical (unpaired) electrons. The molecular formula is C31H38N6O5. The lowest BCUT2D eigenvalue weighted by Gasteiger charge is -2.37. The maximum Gasteiger partial charge on any atom is 0.247 e. The number of nitrogens with zero attached hydrogens (tertiary/aromatic N) is 4. The number of aromatic nitrogens is 3. The summed E-state index contributed by atoms with van der Waals surface area (Å²) in [5.74, 6) is -2.67. The Bertz CT molecular complexity index is 1510. The van der Waals surface area contributed by atoms with Crippen molar-refractivity contribution in [2.45, 2.75) is 70.5 Å². The minimum Gasteiger partial charge on any atom is -0.394 e. The van der Waals surface area contributed by atoms with E-state index in [2.05, 4.69) is 20.9 Å². The van der Waals surface area contributed by atoms with Gasteiger partial charge in [0.15, 0.2) is 0 Å². The third-order valence-electron chi connectivity index (χ3n) is 9.50. The van der Waals surface area contributed by atoms with Crippen molar-refractivity contribution in [1.29, 1.82) is 0 Å². The van der Waals surface area contributed by atoms with Crippen LogP contribution in [-0.2, 0) is 25.8 Å². The first kappa shape index (κ1) is 28.3. The maximum absolute atomic E-state index is 14.4. The number of aliphatic hydroxyl groups excluding tert-OH is 1. The quantitative estimate of drug-likeness (QED) is 0.357. The molecule has 3 aliphatic rings. The Morgan fingerprint density at radius 1 is 1.12 bits per heavy atom. The van der Waals surface area contributed by atoms with E-state index >= 15 is 0 Å². The van der Waals surface area contributed by atoms with Crippen LogP contribution < -0.4 is 10.6 Å². The second-order valence-corrected chi connectivity index (χ2v) is 12.5. The fourth-order valence-corrected chi connectivity index (χ4v) is 7.61. The highest BCUT2D eigenvalue weighted by Gasteiger charge is 2.80. The molecule has 7 atom stereocenters. The topological polar surface area (TPSA) is 139 Å². The molecule has 0 aliphatic carbocycles. The molecule has 42 heavy (non-hydrogen) atoms. The molecule has 3 aliphatic heterocycles. The molecule has 3 fully saturated rings. The summed E-state index contributed by atoms with van der Waals surface area (Å²) >= 11 is 0. The molecule has 3 N–H and O–H groups in total. The van der Waals surface area contributed by atoms with Gasteiger partial charge < -0.3 is 25.4 Å². The minimum absolute atomic E-state index is 0.0390. The van der Waals surface area contributed by atoms with E-state index in [0.29, 0.717) is 24.0 Å². The van der Waals surface area contributed by atoms with Gasteiger partial charge in [0.1, 0.15) is 23.8 Å². The van der Waals surface area contributed by atoms with Crippen molar-refractivity contribution in [3.63, 3.8) is 0 Å². The lowest BCUT2D eigenvalue weighted by Crippen LogP contribution is -2.58. The van der Waals surface area contributed by atoms with Crippen molar-refractivity contribution in [1.82, 2.24) is 25.2 Å². The van der Waals surface area contributed by atoms with Crippen LogP contribution in [0, 0.1) is 23.7 Å². The highest BCUT2D eigenvalue weighted by Crippen LogP contribution is 2.65. The summed E-state index contributed by atoms with van der Waals surface area (Å²) in [7, 11) is 0. The van der Waals surface area contributed by atoms with Crippen LogP contribution in [0.15, 0.2) is 54.6 Å². The predicted octanol–water partition coefficient (Wildman–Crippen LogP) is 2.56. The number of carbonyl (C=O) groups is 3. The average Bonchev–Trinajstić information content (AvgIpc) is 3.64. The zero-order valence-electron chi connectivity index (χ0n) is 24.4. The molecule has 2 bridgehead atoms. The van der Waals surface area contributed by atoms with Crippen molar-refractivity contribution in [2.75, 3.05) is 11.9 Å². The number of ether oxygens (including phenoxy) is 1. The smallest absolute Gasteiger partial charge is 0.247 e. The Labute approximate surface area is 244 Å². The number of likely N-dealkylation sites (tertiary alicyclic amines) is 1.